The molecule has 0 aliphatic heterocycles. The number of carbonyl (C=O) groups is 2. The monoisotopic (exact) mass is 404 g/mol. The van der Waals surface area contributed by atoms with Gasteiger partial charge in [-0.15, -0.1) is 0 Å². The number of ether oxygens (including phenoxy) is 2. The van der Waals surface area contributed by atoms with Gasteiger partial charge < -0.3 is 20.5 Å². The first-order valence-electron chi connectivity index (χ1n) is 10.1. The Morgan fingerprint density at radius 3 is 2.31 bits per heavy atom. The molecule has 0 aromatic heterocycles. The molecule has 4 atom stereocenters. The van der Waals surface area contributed by atoms with Gasteiger partial charge in [-0.2, -0.15) is 0 Å². The zero-order valence-corrected chi connectivity index (χ0v) is 18.5. The minimum absolute atomic E-state index is 0.130. The van der Waals surface area contributed by atoms with Crippen molar-refractivity contribution in [2.75, 3.05) is 0 Å². The van der Waals surface area contributed by atoms with Crippen LogP contribution in [0, 0.1) is 0 Å². The number of hydrogen-bond donors (Lipinski definition) is 2. The number of amides is 1. The lowest BCUT2D eigenvalue weighted by atomic mass is 9.87. The van der Waals surface area contributed by atoms with E-state index < -0.39 is 23.7 Å². The highest BCUT2D eigenvalue weighted by molar-refractivity contribution is 5.81. The Bertz CT molecular complexity index is 665. The van der Waals surface area contributed by atoms with Crippen LogP contribution in [0.1, 0.15) is 65.9 Å². The summed E-state index contributed by atoms with van der Waals surface area (Å²) >= 11 is 0. The maximum absolute atomic E-state index is 12.8. The van der Waals surface area contributed by atoms with Crippen LogP contribution in [0.4, 0.5) is 4.79 Å². The molecule has 3 N–H and O–H groups in total. The highest BCUT2D eigenvalue weighted by atomic mass is 16.6. The highest BCUT2D eigenvalue weighted by Gasteiger charge is 2.31. The number of esters is 1. The number of carbonyl (C=O) groups excluding carboxylic acids is 2. The van der Waals surface area contributed by atoms with Crippen LogP contribution in [0.3, 0.4) is 0 Å². The third-order valence-electron chi connectivity index (χ3n) is 4.35. The maximum atomic E-state index is 12.8. The summed E-state index contributed by atoms with van der Waals surface area (Å²) in [7, 11) is 0. The second kappa shape index (κ2) is 11.6. The van der Waals surface area contributed by atoms with Gasteiger partial charge in [-0.05, 0) is 53.5 Å². The summed E-state index contributed by atoms with van der Waals surface area (Å²) in [5.74, 6) is -0.621. The number of allylic oxidation sites excluding steroid dienone is 1. The lowest BCUT2D eigenvalue weighted by molar-refractivity contribution is -0.151. The van der Waals surface area contributed by atoms with Crippen molar-refractivity contribution in [3.8, 4) is 0 Å². The minimum atomic E-state index is -0.867. The molecular weight excluding hydrogens is 368 g/mol. The molecule has 0 aliphatic rings. The van der Waals surface area contributed by atoms with E-state index in [2.05, 4.69) is 5.32 Å². The molecule has 0 radical (unpaired) electrons. The Morgan fingerprint density at radius 1 is 1.17 bits per heavy atom. The van der Waals surface area contributed by atoms with Crippen LogP contribution in [0.25, 0.3) is 0 Å². The summed E-state index contributed by atoms with van der Waals surface area (Å²) in [6.07, 6.45) is 3.81. The van der Waals surface area contributed by atoms with Crippen molar-refractivity contribution in [3.05, 3.63) is 48.0 Å². The molecule has 1 amide bonds. The third kappa shape index (κ3) is 9.61. The smallest absolute Gasteiger partial charge is 0.408 e. The maximum Gasteiger partial charge on any atom is 0.408 e. The second-order valence-corrected chi connectivity index (χ2v) is 8.36. The van der Waals surface area contributed by atoms with E-state index in [0.717, 1.165) is 5.56 Å². The van der Waals surface area contributed by atoms with Gasteiger partial charge in [-0.3, -0.25) is 0 Å². The summed E-state index contributed by atoms with van der Waals surface area (Å²) < 4.78 is 10.9. The first-order chi connectivity index (χ1) is 13.5. The van der Waals surface area contributed by atoms with E-state index in [0.29, 0.717) is 12.8 Å². The van der Waals surface area contributed by atoms with Crippen molar-refractivity contribution in [1.82, 2.24) is 5.32 Å². The summed E-state index contributed by atoms with van der Waals surface area (Å²) in [6.45, 7) is 10.9. The minimum Gasteiger partial charge on any atom is -0.461 e. The van der Waals surface area contributed by atoms with Crippen molar-refractivity contribution < 1.29 is 19.1 Å². The molecule has 29 heavy (non-hydrogen) atoms. The molecule has 0 bridgehead atoms. The number of nitrogens with two attached hydrogens (primary N) is 1. The van der Waals surface area contributed by atoms with Crippen molar-refractivity contribution in [2.24, 2.45) is 5.73 Å². The van der Waals surface area contributed by atoms with Gasteiger partial charge in [0, 0.05) is 18.4 Å². The molecule has 1 aromatic rings. The Kier molecular flexibility index (Phi) is 9.89. The van der Waals surface area contributed by atoms with Crippen LogP contribution in [0.5, 0.6) is 0 Å². The number of nitrogens with one attached hydrogen (secondary N) is 1. The zero-order chi connectivity index (χ0) is 22.0. The lowest BCUT2D eigenvalue weighted by Crippen LogP contribution is -2.46. The molecule has 1 rings (SSSR count). The molecule has 1 aromatic carbocycles. The normalized spacial score (nSPS) is 16.0. The van der Waals surface area contributed by atoms with E-state index in [9.17, 15) is 9.59 Å². The molecule has 1 unspecified atom stereocenters. The van der Waals surface area contributed by atoms with E-state index >= 15 is 0 Å². The molecule has 6 heteroatoms. The number of benzene rings is 1. The van der Waals surface area contributed by atoms with Gasteiger partial charge in [0.2, 0.25) is 0 Å². The van der Waals surface area contributed by atoms with Gasteiger partial charge in [0.05, 0.1) is 0 Å². The van der Waals surface area contributed by atoms with Crippen LogP contribution in [-0.2, 0) is 14.3 Å². The molecule has 0 saturated carbocycles. The quantitative estimate of drug-likeness (QED) is 0.473. The molecule has 0 heterocycles. The first-order valence-corrected chi connectivity index (χ1v) is 10.1. The number of alkyl carbamates (subject to hydrolysis) is 1. The first kappa shape index (κ1) is 24.7. The molecular formula is C23H36N2O4. The molecule has 6 nitrogen and oxygen atoms in total. The van der Waals surface area contributed by atoms with Gasteiger partial charge in [0.1, 0.15) is 17.7 Å². The zero-order valence-electron chi connectivity index (χ0n) is 18.5. The van der Waals surface area contributed by atoms with Crippen LogP contribution in [0.2, 0.25) is 0 Å². The number of rotatable bonds is 9. The van der Waals surface area contributed by atoms with Crippen LogP contribution in [0.15, 0.2) is 42.5 Å². The summed E-state index contributed by atoms with van der Waals surface area (Å²) in [6, 6.07) is 8.64. The third-order valence-corrected chi connectivity index (χ3v) is 4.35. The van der Waals surface area contributed by atoms with Gasteiger partial charge >= 0.3 is 12.1 Å². The number of hydrogen-bond acceptors (Lipinski definition) is 5. The van der Waals surface area contributed by atoms with Crippen LogP contribution < -0.4 is 11.1 Å². The summed E-state index contributed by atoms with van der Waals surface area (Å²) in [5, 5.41) is 2.68. The van der Waals surface area contributed by atoms with E-state index in [1.165, 1.54) is 0 Å². The Balaban J connectivity index is 3.01. The standard InChI is InChI=1S/C23H36N2O4/c1-7-8-12-16(2)28-21(26)20(25-22(27)29-23(4,5)6)15-19(17(3)24)18-13-10-9-11-14-18/h7-11,13-14,16-17,19-20H,12,15,24H2,1-6H3,(H,25,27)/t16?,17-,19-,20+/m1/s1. The lowest BCUT2D eigenvalue weighted by Gasteiger charge is -2.28. The second-order valence-electron chi connectivity index (χ2n) is 8.36. The Labute approximate surface area is 174 Å². The van der Waals surface area contributed by atoms with E-state index in [-0.39, 0.29) is 18.1 Å². The topological polar surface area (TPSA) is 90.6 Å². The molecule has 0 aliphatic carbocycles. The average molecular weight is 405 g/mol. The van der Waals surface area contributed by atoms with Gasteiger partial charge in [-0.1, -0.05) is 42.5 Å². The van der Waals surface area contributed by atoms with Crippen molar-refractivity contribution >= 4 is 12.1 Å². The molecule has 162 valence electrons. The molecule has 0 fully saturated rings. The fourth-order valence-corrected chi connectivity index (χ4v) is 2.93. The van der Waals surface area contributed by atoms with Crippen molar-refractivity contribution in [1.29, 1.82) is 0 Å². The predicted molar refractivity (Wildman–Crippen MR) is 116 cm³/mol. The van der Waals surface area contributed by atoms with Crippen LogP contribution >= 0.6 is 0 Å². The molecule has 0 spiro atoms. The van der Waals surface area contributed by atoms with Gasteiger partial charge in [-0.25, -0.2) is 9.59 Å². The Morgan fingerprint density at radius 2 is 1.79 bits per heavy atom. The van der Waals surface area contributed by atoms with Crippen molar-refractivity contribution in [3.63, 3.8) is 0 Å². The van der Waals surface area contributed by atoms with E-state index in [1.807, 2.05) is 63.3 Å². The fourth-order valence-electron chi connectivity index (χ4n) is 2.93. The van der Waals surface area contributed by atoms with Crippen molar-refractivity contribution in [2.45, 2.75) is 84.1 Å². The summed E-state index contributed by atoms with van der Waals surface area (Å²) in [4.78, 5) is 25.2. The highest BCUT2D eigenvalue weighted by Crippen LogP contribution is 2.25. The Hall–Kier alpha value is -2.34. The summed E-state index contributed by atoms with van der Waals surface area (Å²) in [5.41, 5.74) is 6.55. The van der Waals surface area contributed by atoms with Gasteiger partial charge in [0.25, 0.3) is 0 Å². The van der Waals surface area contributed by atoms with Gasteiger partial charge in [0.15, 0.2) is 0 Å². The predicted octanol–water partition coefficient (Wildman–Crippen LogP) is 4.30. The molecule has 0 saturated heterocycles. The fraction of sp³-hybridized carbons (Fsp3) is 0.565. The SMILES string of the molecule is CC=CCC(C)OC(=O)[C@H](C[C@@H](c1ccccc1)[C@@H](C)N)NC(=O)OC(C)(C)C. The largest absolute Gasteiger partial charge is 0.461 e. The average Bonchev–Trinajstić information content (AvgIpc) is 2.62. The van der Waals surface area contributed by atoms with Crippen LogP contribution in [-0.4, -0.2) is 35.9 Å². The van der Waals surface area contributed by atoms with E-state index in [1.54, 1.807) is 20.8 Å². The van der Waals surface area contributed by atoms with E-state index in [4.69, 9.17) is 15.2 Å².